The topological polar surface area (TPSA) is 125 Å². The summed E-state index contributed by atoms with van der Waals surface area (Å²) in [6.45, 7) is 1.40. The van der Waals surface area contributed by atoms with Gasteiger partial charge in [0.2, 0.25) is 0 Å². The number of hydrogen-bond acceptors (Lipinski definition) is 6. The fourth-order valence-electron chi connectivity index (χ4n) is 1.94. The summed E-state index contributed by atoms with van der Waals surface area (Å²) in [5.74, 6) is 0. The van der Waals surface area contributed by atoms with Gasteiger partial charge in [0, 0.05) is 12.3 Å². The summed E-state index contributed by atoms with van der Waals surface area (Å²) in [4.78, 5) is 24.5. The van der Waals surface area contributed by atoms with Crippen molar-refractivity contribution in [3.8, 4) is 0 Å². The zero-order valence-corrected chi connectivity index (χ0v) is 9.56. The molecule has 5 atom stereocenters. The highest BCUT2D eigenvalue weighted by atomic mass is 16.6. The van der Waals surface area contributed by atoms with Gasteiger partial charge in [0.05, 0.1) is 6.10 Å². The third-order valence-corrected chi connectivity index (χ3v) is 2.88. The normalized spacial score (nSPS) is 33.6. The monoisotopic (exact) mass is 258 g/mol. The molecule has 0 saturated carbocycles. The molecule has 0 aromatic carbocycles. The van der Waals surface area contributed by atoms with Crippen molar-refractivity contribution in [1.29, 1.82) is 0 Å². The van der Waals surface area contributed by atoms with Crippen molar-refractivity contribution in [3.05, 3.63) is 33.1 Å². The number of aliphatic hydroxyl groups is 3. The van der Waals surface area contributed by atoms with E-state index in [0.29, 0.717) is 0 Å². The molecule has 0 radical (unpaired) electrons. The lowest BCUT2D eigenvalue weighted by atomic mass is 10.1. The van der Waals surface area contributed by atoms with Gasteiger partial charge >= 0.3 is 5.69 Å². The van der Waals surface area contributed by atoms with Gasteiger partial charge in [0.25, 0.3) is 5.56 Å². The van der Waals surface area contributed by atoms with Gasteiger partial charge in [-0.3, -0.25) is 14.3 Å². The van der Waals surface area contributed by atoms with Gasteiger partial charge in [-0.2, -0.15) is 0 Å². The lowest BCUT2D eigenvalue weighted by molar-refractivity contribution is -0.0804. The van der Waals surface area contributed by atoms with Gasteiger partial charge in [-0.15, -0.1) is 0 Å². The minimum Gasteiger partial charge on any atom is -0.391 e. The van der Waals surface area contributed by atoms with Crippen molar-refractivity contribution in [1.82, 2.24) is 9.55 Å². The van der Waals surface area contributed by atoms with Gasteiger partial charge in [0.1, 0.15) is 18.3 Å². The molecule has 4 N–H and O–H groups in total. The third-order valence-electron chi connectivity index (χ3n) is 2.88. The molecule has 1 fully saturated rings. The first-order valence-electron chi connectivity index (χ1n) is 5.43. The van der Waals surface area contributed by atoms with Crippen molar-refractivity contribution < 1.29 is 20.1 Å². The molecule has 100 valence electrons. The first-order valence-corrected chi connectivity index (χ1v) is 5.43. The van der Waals surface area contributed by atoms with E-state index in [1.807, 2.05) is 4.98 Å². The summed E-state index contributed by atoms with van der Waals surface area (Å²) < 4.78 is 6.20. The number of aromatic nitrogens is 2. The largest absolute Gasteiger partial charge is 0.391 e. The Balaban J connectivity index is 2.35. The second-order valence-corrected chi connectivity index (χ2v) is 4.23. The van der Waals surface area contributed by atoms with Crippen LogP contribution in [0.1, 0.15) is 13.2 Å². The van der Waals surface area contributed by atoms with Crippen molar-refractivity contribution in [2.75, 3.05) is 0 Å². The minimum atomic E-state index is -1.37. The molecule has 0 aliphatic carbocycles. The van der Waals surface area contributed by atoms with E-state index >= 15 is 0 Å². The van der Waals surface area contributed by atoms with E-state index in [-0.39, 0.29) is 0 Å². The number of H-pyrrole nitrogens is 1. The number of nitrogens with one attached hydrogen (secondary N) is 1. The zero-order chi connectivity index (χ0) is 13.4. The fraction of sp³-hybridized carbons (Fsp3) is 0.600. The molecular weight excluding hydrogens is 244 g/mol. The van der Waals surface area contributed by atoms with Crippen LogP contribution in [0.2, 0.25) is 0 Å². The Morgan fingerprint density at radius 2 is 2.06 bits per heavy atom. The van der Waals surface area contributed by atoms with Gasteiger partial charge in [0.15, 0.2) is 6.23 Å². The summed E-state index contributed by atoms with van der Waals surface area (Å²) in [6, 6.07) is 1.10. The van der Waals surface area contributed by atoms with Crippen LogP contribution < -0.4 is 11.2 Å². The second kappa shape index (κ2) is 4.65. The van der Waals surface area contributed by atoms with Crippen molar-refractivity contribution in [2.24, 2.45) is 0 Å². The summed E-state index contributed by atoms with van der Waals surface area (Å²) in [5.41, 5.74) is -1.33. The molecule has 8 heteroatoms. The number of nitrogens with zero attached hydrogens (tertiary/aromatic N) is 1. The second-order valence-electron chi connectivity index (χ2n) is 4.23. The van der Waals surface area contributed by atoms with Crippen LogP contribution in [0, 0.1) is 0 Å². The van der Waals surface area contributed by atoms with E-state index in [1.165, 1.54) is 6.92 Å². The summed E-state index contributed by atoms with van der Waals surface area (Å²) in [6.07, 6.45) is -4.67. The maximum Gasteiger partial charge on any atom is 0.330 e. The quantitative estimate of drug-likeness (QED) is 0.466. The lowest BCUT2D eigenvalue weighted by Gasteiger charge is -2.17. The molecule has 1 aromatic heterocycles. The van der Waals surface area contributed by atoms with Gasteiger partial charge in [-0.1, -0.05) is 0 Å². The van der Waals surface area contributed by atoms with Gasteiger partial charge < -0.3 is 20.1 Å². The smallest absolute Gasteiger partial charge is 0.330 e. The number of aliphatic hydroxyl groups excluding tert-OH is 3. The third kappa shape index (κ3) is 2.10. The minimum absolute atomic E-state index is 0.573. The molecule has 1 aliphatic heterocycles. The Bertz CT molecular complexity index is 536. The van der Waals surface area contributed by atoms with E-state index in [2.05, 4.69) is 0 Å². The van der Waals surface area contributed by atoms with Crippen LogP contribution in [-0.4, -0.2) is 49.3 Å². The Morgan fingerprint density at radius 1 is 1.39 bits per heavy atom. The fourth-order valence-corrected chi connectivity index (χ4v) is 1.94. The number of aromatic amines is 1. The van der Waals surface area contributed by atoms with Crippen LogP contribution in [0.15, 0.2) is 21.9 Å². The van der Waals surface area contributed by atoms with E-state index in [0.717, 1.165) is 16.8 Å². The molecule has 1 aromatic rings. The van der Waals surface area contributed by atoms with Gasteiger partial charge in [-0.05, 0) is 6.92 Å². The average molecular weight is 258 g/mol. The van der Waals surface area contributed by atoms with Gasteiger partial charge in [-0.25, -0.2) is 4.79 Å². The lowest BCUT2D eigenvalue weighted by Crippen LogP contribution is -2.38. The molecule has 0 bridgehead atoms. The molecular formula is C10H14N2O6. The maximum atomic E-state index is 11.5. The van der Waals surface area contributed by atoms with Crippen LogP contribution in [-0.2, 0) is 4.74 Å². The average Bonchev–Trinajstić information content (AvgIpc) is 2.57. The zero-order valence-electron chi connectivity index (χ0n) is 9.56. The SMILES string of the molecule is CC(O)C1OC(n2ccc(=O)[nH]c2=O)C(O)C1O. The molecule has 2 heterocycles. The molecule has 1 aliphatic rings. The number of hydrogen-bond donors (Lipinski definition) is 4. The Kier molecular flexibility index (Phi) is 3.35. The standard InChI is InChI=1S/C10H14N2O6/c1-4(13)8-6(15)7(16)9(18-8)12-3-2-5(14)11-10(12)17/h2-4,6-9,13,15-16H,1H3,(H,11,14,17). The predicted octanol–water partition coefficient (Wildman–Crippen LogP) is -2.46. The number of ether oxygens (including phenoxy) is 1. The molecule has 0 spiro atoms. The molecule has 0 amide bonds. The Morgan fingerprint density at radius 3 is 2.56 bits per heavy atom. The van der Waals surface area contributed by atoms with E-state index in [9.17, 15) is 24.9 Å². The summed E-state index contributed by atoms with van der Waals surface area (Å²) in [7, 11) is 0. The first kappa shape index (κ1) is 13.0. The highest BCUT2D eigenvalue weighted by molar-refractivity contribution is 4.94. The van der Waals surface area contributed by atoms with Crippen LogP contribution in [0.25, 0.3) is 0 Å². The number of rotatable bonds is 2. The van der Waals surface area contributed by atoms with Crippen LogP contribution in [0.3, 0.4) is 0 Å². The van der Waals surface area contributed by atoms with E-state index in [4.69, 9.17) is 4.74 Å². The molecule has 8 nitrogen and oxygen atoms in total. The van der Waals surface area contributed by atoms with E-state index < -0.39 is 41.9 Å². The maximum absolute atomic E-state index is 11.5. The Hall–Kier alpha value is -1.48. The highest BCUT2D eigenvalue weighted by Crippen LogP contribution is 2.29. The molecule has 5 unspecified atom stereocenters. The van der Waals surface area contributed by atoms with Crippen molar-refractivity contribution in [2.45, 2.75) is 37.6 Å². The molecule has 1 saturated heterocycles. The molecule has 2 rings (SSSR count). The molecule has 18 heavy (non-hydrogen) atoms. The Labute approximate surface area is 101 Å². The summed E-state index contributed by atoms with van der Waals surface area (Å²) >= 11 is 0. The summed E-state index contributed by atoms with van der Waals surface area (Å²) in [5, 5.41) is 28.8. The van der Waals surface area contributed by atoms with Crippen molar-refractivity contribution in [3.63, 3.8) is 0 Å². The van der Waals surface area contributed by atoms with Crippen LogP contribution in [0.4, 0.5) is 0 Å². The van der Waals surface area contributed by atoms with Crippen LogP contribution >= 0.6 is 0 Å². The predicted molar refractivity (Wildman–Crippen MR) is 58.9 cm³/mol. The highest BCUT2D eigenvalue weighted by Gasteiger charge is 2.45. The first-order chi connectivity index (χ1) is 8.41. The van der Waals surface area contributed by atoms with Crippen LogP contribution in [0.5, 0.6) is 0 Å². The van der Waals surface area contributed by atoms with Crippen molar-refractivity contribution >= 4 is 0 Å². The van der Waals surface area contributed by atoms with E-state index in [1.54, 1.807) is 0 Å².